The normalized spacial score (nSPS) is 10.6. The van der Waals surface area contributed by atoms with Crippen LogP contribution < -0.4 is 21.1 Å². The van der Waals surface area contributed by atoms with Gasteiger partial charge in [0.15, 0.2) is 0 Å². The van der Waals surface area contributed by atoms with Crippen molar-refractivity contribution in [2.75, 3.05) is 12.4 Å². The number of aromatic nitrogens is 2. The Bertz CT molecular complexity index is 1080. The quantitative estimate of drug-likeness (QED) is 0.675. The molecule has 0 aliphatic carbocycles. The number of ether oxygens (including phenoxy) is 1. The predicted molar refractivity (Wildman–Crippen MR) is 102 cm³/mol. The molecule has 0 aliphatic rings. The molecule has 0 saturated carbocycles. The average Bonchev–Trinajstić information content (AvgIpc) is 2.90. The number of anilines is 1. The summed E-state index contributed by atoms with van der Waals surface area (Å²) in [5, 5.41) is 5.11. The first-order chi connectivity index (χ1) is 12.9. The highest BCUT2D eigenvalue weighted by atomic mass is 16.5. The summed E-state index contributed by atoms with van der Waals surface area (Å²) in [6, 6.07) is 12.3. The van der Waals surface area contributed by atoms with Gasteiger partial charge in [0.2, 0.25) is 0 Å². The molecule has 2 aromatic carbocycles. The molecule has 0 radical (unpaired) electrons. The highest BCUT2D eigenvalue weighted by Gasteiger charge is 2.15. The summed E-state index contributed by atoms with van der Waals surface area (Å²) in [6.07, 6.45) is 0. The molecule has 1 aromatic heterocycles. The van der Waals surface area contributed by atoms with Gasteiger partial charge in [-0.25, -0.2) is 4.79 Å². The van der Waals surface area contributed by atoms with E-state index in [2.05, 4.69) is 10.6 Å². The number of fused-ring (bicyclic) bond motifs is 1. The maximum absolute atomic E-state index is 12.2. The van der Waals surface area contributed by atoms with Gasteiger partial charge < -0.3 is 15.4 Å². The Balaban J connectivity index is 1.69. The van der Waals surface area contributed by atoms with Gasteiger partial charge in [-0.15, -0.1) is 0 Å². The number of hydrogen-bond acceptors (Lipinski definition) is 4. The second-order valence-corrected chi connectivity index (χ2v) is 6.05. The van der Waals surface area contributed by atoms with Crippen LogP contribution in [0.25, 0.3) is 11.0 Å². The minimum Gasteiger partial charge on any atom is -0.496 e. The van der Waals surface area contributed by atoms with E-state index in [-0.39, 0.29) is 12.2 Å². The molecule has 8 nitrogen and oxygen atoms in total. The minimum absolute atomic E-state index is 0.164. The molecule has 8 heteroatoms. The number of para-hydroxylation sites is 1. The molecule has 0 fully saturated rings. The molecular formula is C19H20N4O4. The van der Waals surface area contributed by atoms with Crippen LogP contribution in [0.5, 0.6) is 5.75 Å². The molecule has 0 atom stereocenters. The molecule has 0 spiro atoms. The predicted octanol–water partition coefficient (Wildman–Crippen LogP) is 1.14. The number of methoxy groups -OCH3 is 1. The van der Waals surface area contributed by atoms with Gasteiger partial charge in [-0.05, 0) is 24.3 Å². The lowest BCUT2D eigenvalue weighted by Crippen LogP contribution is -2.35. The molecule has 1 heterocycles. The van der Waals surface area contributed by atoms with Gasteiger partial charge in [-0.3, -0.25) is 18.7 Å². The standard InChI is InChI=1S/C19H20N4O4/c1-22-14-9-8-13(10-15(14)23(2)19(22)26)21-18(25)17(24)20-11-12-6-4-5-7-16(12)27-3/h4-10H,11H2,1-3H3,(H,20,24)(H,21,25). The van der Waals surface area contributed by atoms with Crippen LogP contribution in [0.15, 0.2) is 47.3 Å². The van der Waals surface area contributed by atoms with Crippen molar-refractivity contribution in [1.82, 2.24) is 14.5 Å². The molecule has 27 heavy (non-hydrogen) atoms. The number of aryl methyl sites for hydroxylation is 2. The van der Waals surface area contributed by atoms with Gasteiger partial charge >= 0.3 is 17.5 Å². The van der Waals surface area contributed by atoms with E-state index in [1.54, 1.807) is 51.5 Å². The maximum atomic E-state index is 12.2. The van der Waals surface area contributed by atoms with Crippen molar-refractivity contribution in [3.63, 3.8) is 0 Å². The summed E-state index contributed by atoms with van der Waals surface area (Å²) >= 11 is 0. The Morgan fingerprint density at radius 3 is 2.44 bits per heavy atom. The molecule has 140 valence electrons. The fraction of sp³-hybridized carbons (Fsp3) is 0.211. The van der Waals surface area contributed by atoms with Crippen LogP contribution in [0.4, 0.5) is 5.69 Å². The summed E-state index contributed by atoms with van der Waals surface area (Å²) < 4.78 is 8.21. The Morgan fingerprint density at radius 1 is 1.00 bits per heavy atom. The van der Waals surface area contributed by atoms with Crippen molar-refractivity contribution < 1.29 is 14.3 Å². The molecule has 0 unspecified atom stereocenters. The number of carbonyl (C=O) groups is 2. The van der Waals surface area contributed by atoms with Crippen LogP contribution in [0.2, 0.25) is 0 Å². The van der Waals surface area contributed by atoms with Crippen molar-refractivity contribution in [3.8, 4) is 5.75 Å². The van der Waals surface area contributed by atoms with Crippen molar-refractivity contribution in [2.45, 2.75) is 6.54 Å². The lowest BCUT2D eigenvalue weighted by molar-refractivity contribution is -0.136. The smallest absolute Gasteiger partial charge is 0.328 e. The topological polar surface area (TPSA) is 94.4 Å². The Kier molecular flexibility index (Phi) is 4.98. The number of amides is 2. The fourth-order valence-corrected chi connectivity index (χ4v) is 2.88. The van der Waals surface area contributed by atoms with E-state index < -0.39 is 11.8 Å². The largest absolute Gasteiger partial charge is 0.496 e. The summed E-state index contributed by atoms with van der Waals surface area (Å²) in [5.41, 5.74) is 2.43. The van der Waals surface area contributed by atoms with Crippen LogP contribution >= 0.6 is 0 Å². The van der Waals surface area contributed by atoms with E-state index >= 15 is 0 Å². The molecular weight excluding hydrogens is 348 g/mol. The van der Waals surface area contributed by atoms with E-state index in [4.69, 9.17) is 4.74 Å². The zero-order chi connectivity index (χ0) is 19.6. The summed E-state index contributed by atoms with van der Waals surface area (Å²) in [5.74, 6) is -0.915. The number of benzene rings is 2. The number of hydrogen-bond donors (Lipinski definition) is 2. The molecule has 2 N–H and O–H groups in total. The van der Waals surface area contributed by atoms with Gasteiger partial charge in [-0.2, -0.15) is 0 Å². The molecule has 0 saturated heterocycles. The van der Waals surface area contributed by atoms with Gasteiger partial charge in [0.1, 0.15) is 5.75 Å². The fourth-order valence-electron chi connectivity index (χ4n) is 2.88. The number of imidazole rings is 1. The number of nitrogens with one attached hydrogen (secondary N) is 2. The van der Waals surface area contributed by atoms with Crippen LogP contribution in [0, 0.1) is 0 Å². The highest BCUT2D eigenvalue weighted by molar-refractivity contribution is 6.39. The zero-order valence-electron chi connectivity index (χ0n) is 15.3. The highest BCUT2D eigenvalue weighted by Crippen LogP contribution is 2.18. The minimum atomic E-state index is -0.787. The number of rotatable bonds is 4. The van der Waals surface area contributed by atoms with E-state index in [1.807, 2.05) is 12.1 Å². The second kappa shape index (κ2) is 7.36. The van der Waals surface area contributed by atoms with Gasteiger partial charge in [0, 0.05) is 31.9 Å². The lowest BCUT2D eigenvalue weighted by atomic mass is 10.2. The third-order valence-corrected chi connectivity index (χ3v) is 4.37. The van der Waals surface area contributed by atoms with Crippen LogP contribution in [0.3, 0.4) is 0 Å². The van der Waals surface area contributed by atoms with Crippen molar-refractivity contribution >= 4 is 28.5 Å². The molecule has 0 bridgehead atoms. The molecule has 2 amide bonds. The van der Waals surface area contributed by atoms with Crippen molar-refractivity contribution in [3.05, 3.63) is 58.5 Å². The zero-order valence-corrected chi connectivity index (χ0v) is 15.3. The average molecular weight is 368 g/mol. The third kappa shape index (κ3) is 3.55. The van der Waals surface area contributed by atoms with Crippen LogP contribution in [-0.4, -0.2) is 28.1 Å². The first kappa shape index (κ1) is 18.2. The molecule has 3 rings (SSSR count). The van der Waals surface area contributed by atoms with E-state index in [9.17, 15) is 14.4 Å². The Morgan fingerprint density at radius 2 is 1.70 bits per heavy atom. The van der Waals surface area contributed by atoms with Crippen molar-refractivity contribution in [2.24, 2.45) is 14.1 Å². The Hall–Kier alpha value is -3.55. The summed E-state index contributed by atoms with van der Waals surface area (Å²) in [4.78, 5) is 36.2. The second-order valence-electron chi connectivity index (χ2n) is 6.05. The number of carbonyl (C=O) groups excluding carboxylic acids is 2. The first-order valence-electron chi connectivity index (χ1n) is 8.29. The Labute approximate surface area is 155 Å². The summed E-state index contributed by atoms with van der Waals surface area (Å²) in [6.45, 7) is 0.169. The monoisotopic (exact) mass is 368 g/mol. The number of nitrogens with zero attached hydrogens (tertiary/aromatic N) is 2. The third-order valence-electron chi connectivity index (χ3n) is 4.37. The SMILES string of the molecule is COc1ccccc1CNC(=O)C(=O)Nc1ccc2c(c1)n(C)c(=O)n2C. The van der Waals surface area contributed by atoms with E-state index in [1.165, 1.54) is 9.13 Å². The van der Waals surface area contributed by atoms with E-state index in [0.29, 0.717) is 17.0 Å². The lowest BCUT2D eigenvalue weighted by Gasteiger charge is -2.10. The van der Waals surface area contributed by atoms with Crippen LogP contribution in [0.1, 0.15) is 5.56 Å². The van der Waals surface area contributed by atoms with E-state index in [0.717, 1.165) is 11.1 Å². The van der Waals surface area contributed by atoms with Gasteiger partial charge in [0.05, 0.1) is 18.1 Å². The molecule has 0 aliphatic heterocycles. The van der Waals surface area contributed by atoms with Crippen LogP contribution in [-0.2, 0) is 30.2 Å². The van der Waals surface area contributed by atoms with Gasteiger partial charge in [-0.1, -0.05) is 18.2 Å². The summed E-state index contributed by atoms with van der Waals surface area (Å²) in [7, 11) is 4.87. The first-order valence-corrected chi connectivity index (χ1v) is 8.29. The maximum Gasteiger partial charge on any atom is 0.328 e. The molecule has 3 aromatic rings. The van der Waals surface area contributed by atoms with Gasteiger partial charge in [0.25, 0.3) is 0 Å². The van der Waals surface area contributed by atoms with Crippen molar-refractivity contribution in [1.29, 1.82) is 0 Å².